The zero-order chi connectivity index (χ0) is 50.7. The van der Waals surface area contributed by atoms with Gasteiger partial charge in [0.2, 0.25) is 0 Å². The molecule has 2 aromatic carbocycles. The first-order valence-corrected chi connectivity index (χ1v) is 23.5. The Bertz CT molecular complexity index is 3640. The van der Waals surface area contributed by atoms with E-state index in [0.717, 1.165) is 77.5 Å². The Hall–Kier alpha value is -7.40. The maximum absolute atomic E-state index is 13.3. The van der Waals surface area contributed by atoms with Crippen molar-refractivity contribution >= 4 is 114 Å². The van der Waals surface area contributed by atoms with Crippen molar-refractivity contribution in [2.75, 3.05) is 11.5 Å². The molecular weight excluding hydrogens is 1010 g/mol. The third kappa shape index (κ3) is 12.6. The third-order valence-corrected chi connectivity index (χ3v) is 12.7. The average Bonchev–Trinajstić information content (AvgIpc) is 3.85. The van der Waals surface area contributed by atoms with E-state index in [9.17, 15) is 14.7 Å². The van der Waals surface area contributed by atoms with Crippen LogP contribution in [0.5, 0.6) is 0 Å². The molecule has 73 heavy (non-hydrogen) atoms. The molecule has 0 unspecified atom stereocenters. The number of benzene rings is 2. The molecule has 0 spiro atoms. The monoisotopic (exact) mass is 1060 g/mol. The van der Waals surface area contributed by atoms with Crippen LogP contribution in [-0.4, -0.2) is 56.0 Å². The van der Waals surface area contributed by atoms with E-state index in [4.69, 9.17) is 63.6 Å². The van der Waals surface area contributed by atoms with Crippen molar-refractivity contribution in [3.8, 4) is 0 Å². The van der Waals surface area contributed by atoms with E-state index < -0.39 is 5.97 Å². The lowest BCUT2D eigenvalue weighted by Crippen LogP contribution is -2.24. The quantitative estimate of drug-likeness (QED) is 0.0850. The minimum atomic E-state index is -1.000. The molecule has 0 fully saturated rings. The van der Waals surface area contributed by atoms with E-state index in [1.54, 1.807) is 49.2 Å². The fraction of sp³-hybridized carbons (Fsp3) is 0.185. The van der Waals surface area contributed by atoms with Crippen LogP contribution in [-0.2, 0) is 26.2 Å². The van der Waals surface area contributed by atoms with Gasteiger partial charge in [0.05, 0.1) is 55.6 Å². The third-order valence-electron chi connectivity index (χ3n) is 11.9. The summed E-state index contributed by atoms with van der Waals surface area (Å²) in [5, 5.41) is 17.4. The highest BCUT2D eigenvalue weighted by Gasteiger charge is 2.19. The largest absolute Gasteiger partial charge is 0.478 e. The summed E-state index contributed by atoms with van der Waals surface area (Å²) in [7, 11) is 0. The number of hydrogen-bond donors (Lipinski definition) is 5. The molecule has 1 amide bonds. The van der Waals surface area contributed by atoms with Crippen LogP contribution < -0.4 is 22.5 Å². The number of carbonyl (C=O) groups excluding carboxylic acids is 1. The second kappa shape index (κ2) is 23.4. The number of anilines is 2. The van der Waals surface area contributed by atoms with Crippen molar-refractivity contribution in [2.45, 2.75) is 68.7 Å². The van der Waals surface area contributed by atoms with Crippen LogP contribution in [0.3, 0.4) is 0 Å². The second-order valence-electron chi connectivity index (χ2n) is 16.8. The number of amides is 1. The van der Waals surface area contributed by atoms with E-state index in [0.29, 0.717) is 69.5 Å². The van der Waals surface area contributed by atoms with Crippen LogP contribution in [0, 0.1) is 27.7 Å². The zero-order valence-corrected chi connectivity index (χ0v) is 41.8. The summed E-state index contributed by atoms with van der Waals surface area (Å²) >= 11 is 24.2. The molecule has 19 heteroatoms. The van der Waals surface area contributed by atoms with Crippen molar-refractivity contribution in [1.82, 2.24) is 44.4 Å². The van der Waals surface area contributed by atoms with Gasteiger partial charge in [0.1, 0.15) is 21.9 Å². The number of carbonyl (C=O) groups is 2. The SMILES string of the molecule is C.C.Cc1cc(N)nc(C)c1CN.Cc1cc(N)nc(C)c1CNC(=O)c1cn(Cc2ccc3ncc(Cl)cc3c2)c2cnc(Cl)cc12.O=C(O)c1cn(Cc2ccc3ncc(Cl)cc3c2)c2cnc(Cl)cc12. The molecule has 15 nitrogen and oxygen atoms in total. The van der Waals surface area contributed by atoms with Crippen molar-refractivity contribution in [3.05, 3.63) is 186 Å². The standard InChI is InChI=1S/C26H22Cl2N6O.C18H11Cl2N3O2.C8H13N3.2CH4/c1-14-5-25(29)33-15(2)20(14)10-32-26(35)21-13-34(23-11-31-24(28)8-19(21)23)12-16-3-4-22-17(6-16)7-18(27)9-30-22;19-12-4-11-3-10(1-2-15(11)21-6-12)8-23-9-14(18(24)25)13-5-17(20)22-7-16(13)23;1-5-3-8(10)11-6(2)7(5)4-9;;/h3-9,11,13H,10,12H2,1-2H3,(H2,29,33)(H,32,35);1-7,9H,8H2,(H,24,25);3H,4,9H2,1-2H3,(H2,10,11);2*1H4. The molecular formula is C54H54Cl4N12O3. The molecule has 8 heterocycles. The highest BCUT2D eigenvalue weighted by Crippen LogP contribution is 2.28. The van der Waals surface area contributed by atoms with Crippen LogP contribution in [0.1, 0.15) is 80.3 Å². The molecule has 10 aromatic rings. The van der Waals surface area contributed by atoms with Crippen molar-refractivity contribution < 1.29 is 14.7 Å². The number of nitrogens with one attached hydrogen (secondary N) is 1. The zero-order valence-electron chi connectivity index (χ0n) is 38.8. The Kier molecular flexibility index (Phi) is 17.6. The molecule has 0 aliphatic carbocycles. The van der Waals surface area contributed by atoms with Gasteiger partial charge in [-0.25, -0.2) is 24.7 Å². The lowest BCUT2D eigenvalue weighted by Gasteiger charge is -2.11. The summed E-state index contributed by atoms with van der Waals surface area (Å²) in [6, 6.07) is 22.5. The normalized spacial score (nSPS) is 10.8. The summed E-state index contributed by atoms with van der Waals surface area (Å²) in [6.07, 6.45) is 9.95. The lowest BCUT2D eigenvalue weighted by molar-refractivity contribution is 0.0698. The predicted molar refractivity (Wildman–Crippen MR) is 297 cm³/mol. The van der Waals surface area contributed by atoms with Crippen molar-refractivity contribution in [2.24, 2.45) is 5.73 Å². The molecule has 0 saturated heterocycles. The van der Waals surface area contributed by atoms with Crippen molar-refractivity contribution in [1.29, 1.82) is 0 Å². The second-order valence-corrected chi connectivity index (χ2v) is 18.4. The summed E-state index contributed by atoms with van der Waals surface area (Å²) in [5.41, 5.74) is 28.8. The molecule has 0 atom stereocenters. The molecule has 376 valence electrons. The Balaban J connectivity index is 0.000000199. The number of nitrogens with two attached hydrogens (primary N) is 3. The summed E-state index contributed by atoms with van der Waals surface area (Å²) in [5.74, 6) is -0.175. The minimum absolute atomic E-state index is 0. The Labute approximate surface area is 442 Å². The predicted octanol–water partition coefficient (Wildman–Crippen LogP) is 12.1. The first-order chi connectivity index (χ1) is 33.9. The van der Waals surface area contributed by atoms with Gasteiger partial charge in [-0.15, -0.1) is 0 Å². The van der Waals surface area contributed by atoms with Gasteiger partial charge in [-0.1, -0.05) is 73.4 Å². The summed E-state index contributed by atoms with van der Waals surface area (Å²) in [6.45, 7) is 9.66. The van der Waals surface area contributed by atoms with Crippen LogP contribution >= 0.6 is 46.4 Å². The van der Waals surface area contributed by atoms with E-state index in [-0.39, 0.29) is 31.5 Å². The number of aromatic nitrogens is 8. The van der Waals surface area contributed by atoms with Gasteiger partial charge in [0.25, 0.3) is 5.91 Å². The highest BCUT2D eigenvalue weighted by molar-refractivity contribution is 6.32. The highest BCUT2D eigenvalue weighted by atomic mass is 35.5. The molecule has 0 radical (unpaired) electrons. The molecule has 0 bridgehead atoms. The van der Waals surface area contributed by atoms with E-state index in [2.05, 4.69) is 35.2 Å². The van der Waals surface area contributed by atoms with Gasteiger partial charge in [0.15, 0.2) is 0 Å². The molecule has 8 N–H and O–H groups in total. The molecule has 0 aliphatic rings. The van der Waals surface area contributed by atoms with E-state index in [1.165, 1.54) is 0 Å². The van der Waals surface area contributed by atoms with Crippen LogP contribution in [0.2, 0.25) is 20.4 Å². The van der Waals surface area contributed by atoms with Gasteiger partial charge >= 0.3 is 5.97 Å². The number of pyridine rings is 6. The number of nitrogens with zero attached hydrogens (tertiary/aromatic N) is 8. The summed E-state index contributed by atoms with van der Waals surface area (Å²) < 4.78 is 3.84. The topological polar surface area (TPSA) is 232 Å². The first-order valence-electron chi connectivity index (χ1n) is 22.0. The van der Waals surface area contributed by atoms with E-state index in [1.807, 2.05) is 97.6 Å². The van der Waals surface area contributed by atoms with Gasteiger partial charge in [-0.05, 0) is 122 Å². The number of aromatic carboxylic acids is 1. The van der Waals surface area contributed by atoms with Crippen LogP contribution in [0.4, 0.5) is 11.6 Å². The molecule has 0 saturated carbocycles. The first kappa shape index (κ1) is 54.9. The Morgan fingerprint density at radius 2 is 1.05 bits per heavy atom. The van der Waals surface area contributed by atoms with Gasteiger partial charge in [-0.2, -0.15) is 0 Å². The van der Waals surface area contributed by atoms with E-state index >= 15 is 0 Å². The van der Waals surface area contributed by atoms with Crippen molar-refractivity contribution in [3.63, 3.8) is 0 Å². The number of hydrogen-bond acceptors (Lipinski definition) is 11. The molecule has 0 aliphatic heterocycles. The number of fused-ring (bicyclic) bond motifs is 4. The molecule has 10 rings (SSSR count). The number of carboxylic acid groups (broad SMARTS) is 1. The smallest absolute Gasteiger partial charge is 0.337 e. The number of rotatable bonds is 9. The van der Waals surface area contributed by atoms with Crippen LogP contribution in [0.15, 0.2) is 110 Å². The fourth-order valence-electron chi connectivity index (χ4n) is 8.45. The van der Waals surface area contributed by atoms with Gasteiger partial charge in [0, 0.05) is 83.9 Å². The minimum Gasteiger partial charge on any atom is -0.478 e. The Morgan fingerprint density at radius 3 is 1.51 bits per heavy atom. The van der Waals surface area contributed by atoms with Gasteiger partial charge in [-0.3, -0.25) is 14.8 Å². The van der Waals surface area contributed by atoms with Gasteiger partial charge < -0.3 is 36.8 Å². The maximum atomic E-state index is 13.3. The number of aryl methyl sites for hydroxylation is 4. The lowest BCUT2D eigenvalue weighted by atomic mass is 10.1. The Morgan fingerprint density at radius 1 is 0.603 bits per heavy atom. The summed E-state index contributed by atoms with van der Waals surface area (Å²) in [4.78, 5) is 50.1. The number of nitrogen functional groups attached to an aromatic ring is 2. The average molecular weight is 1060 g/mol. The number of halogens is 4. The fourth-order valence-corrected chi connectivity index (χ4v) is 9.10. The molecule has 8 aromatic heterocycles. The number of carboxylic acids is 1. The maximum Gasteiger partial charge on any atom is 0.337 e. The van der Waals surface area contributed by atoms with Crippen LogP contribution in [0.25, 0.3) is 43.6 Å².